The highest BCUT2D eigenvalue weighted by atomic mass is 32.2. The number of rotatable bonds is 6. The molecule has 134 valence electrons. The van der Waals surface area contributed by atoms with Crippen LogP contribution in [0, 0.1) is 0 Å². The molecule has 0 spiro atoms. The number of carbonyl (C=O) groups excluding carboxylic acids is 2. The average molecular weight is 386 g/mol. The second kappa shape index (κ2) is 7.88. The van der Waals surface area contributed by atoms with Crippen LogP contribution >= 0.6 is 24.0 Å². The van der Waals surface area contributed by atoms with Crippen molar-refractivity contribution in [2.24, 2.45) is 0 Å². The summed E-state index contributed by atoms with van der Waals surface area (Å²) in [7, 11) is 0. The van der Waals surface area contributed by atoms with Crippen LogP contribution in [-0.4, -0.2) is 27.6 Å². The monoisotopic (exact) mass is 386 g/mol. The molecule has 1 saturated heterocycles. The van der Waals surface area contributed by atoms with Crippen molar-refractivity contribution in [1.29, 1.82) is 0 Å². The fourth-order valence-corrected chi connectivity index (χ4v) is 3.80. The van der Waals surface area contributed by atoms with E-state index in [1.54, 1.807) is 12.1 Å². The predicted molar refractivity (Wildman–Crippen MR) is 103 cm³/mol. The second-order valence-electron chi connectivity index (χ2n) is 5.71. The van der Waals surface area contributed by atoms with Crippen molar-refractivity contribution in [3.8, 4) is 11.3 Å². The fourth-order valence-electron chi connectivity index (χ4n) is 2.52. The van der Waals surface area contributed by atoms with Gasteiger partial charge in [-0.3, -0.25) is 9.69 Å². The maximum atomic E-state index is 12.4. The highest BCUT2D eigenvalue weighted by molar-refractivity contribution is 8.26. The van der Waals surface area contributed by atoms with Gasteiger partial charge in [0.2, 0.25) is 0 Å². The van der Waals surface area contributed by atoms with E-state index >= 15 is 0 Å². The molecule has 26 heavy (non-hydrogen) atoms. The Morgan fingerprint density at radius 3 is 2.65 bits per heavy atom. The van der Waals surface area contributed by atoms with Gasteiger partial charge in [0.1, 0.15) is 15.8 Å². The Morgan fingerprint density at radius 1 is 1.27 bits per heavy atom. The Morgan fingerprint density at radius 2 is 2.00 bits per heavy atom. The molecule has 1 amide bonds. The maximum absolute atomic E-state index is 12.4. The number of hydrogen-bond acceptors (Lipinski definition) is 6. The van der Waals surface area contributed by atoms with Gasteiger partial charge in [-0.15, -0.1) is 0 Å². The van der Waals surface area contributed by atoms with Crippen molar-refractivity contribution in [1.82, 2.24) is 4.90 Å². The van der Waals surface area contributed by atoms with Gasteiger partial charge < -0.3 is 14.3 Å². The molecule has 1 aliphatic rings. The van der Waals surface area contributed by atoms with E-state index in [0.717, 1.165) is 23.7 Å². The molecule has 0 aliphatic carbocycles. The van der Waals surface area contributed by atoms with Gasteiger partial charge >= 0.3 is 0 Å². The van der Waals surface area contributed by atoms with E-state index in [4.69, 9.17) is 16.6 Å². The molecule has 0 radical (unpaired) electrons. The van der Waals surface area contributed by atoms with Crippen molar-refractivity contribution in [2.45, 2.75) is 19.8 Å². The highest BCUT2D eigenvalue weighted by Gasteiger charge is 2.31. The summed E-state index contributed by atoms with van der Waals surface area (Å²) >= 11 is 6.29. The standard InChI is InChI=1S/C19H17NO4S2/c1-2-12-3-5-13(6-4-12)15-8-7-14(24-15)11-16-18(23)20(19(25)26-16)10-9-17(21)22/h3-8,11H,2,9-10H2,1H3,(H,21,22)/p-1/b16-11+. The van der Waals surface area contributed by atoms with Crippen molar-refractivity contribution >= 4 is 46.3 Å². The molecule has 1 aliphatic heterocycles. The molecule has 7 heteroatoms. The Labute approximate surface area is 160 Å². The molecule has 0 N–H and O–H groups in total. The first-order valence-electron chi connectivity index (χ1n) is 8.12. The summed E-state index contributed by atoms with van der Waals surface area (Å²) < 4.78 is 6.15. The van der Waals surface area contributed by atoms with Gasteiger partial charge in [0.15, 0.2) is 0 Å². The minimum absolute atomic E-state index is 0.0114. The van der Waals surface area contributed by atoms with Gasteiger partial charge in [-0.05, 0) is 24.1 Å². The van der Waals surface area contributed by atoms with Crippen LogP contribution in [0.3, 0.4) is 0 Å². The summed E-state index contributed by atoms with van der Waals surface area (Å²) in [6.45, 7) is 2.11. The molecule has 2 heterocycles. The third-order valence-electron chi connectivity index (χ3n) is 3.96. The zero-order chi connectivity index (χ0) is 18.7. The lowest BCUT2D eigenvalue weighted by Crippen LogP contribution is -2.33. The average Bonchev–Trinajstić information content (AvgIpc) is 3.19. The second-order valence-corrected chi connectivity index (χ2v) is 7.38. The van der Waals surface area contributed by atoms with E-state index in [1.807, 2.05) is 18.2 Å². The van der Waals surface area contributed by atoms with Gasteiger partial charge in [0.05, 0.1) is 4.91 Å². The van der Waals surface area contributed by atoms with E-state index in [0.29, 0.717) is 20.7 Å². The van der Waals surface area contributed by atoms with Crippen molar-refractivity contribution in [3.05, 3.63) is 52.6 Å². The third-order valence-corrected chi connectivity index (χ3v) is 5.34. The molecular weight excluding hydrogens is 370 g/mol. The largest absolute Gasteiger partial charge is 0.550 e. The molecule has 0 atom stereocenters. The summed E-state index contributed by atoms with van der Waals surface area (Å²) in [6.07, 6.45) is 2.35. The number of amides is 1. The number of hydrogen-bond donors (Lipinski definition) is 0. The number of aliphatic carboxylic acids is 1. The first-order valence-corrected chi connectivity index (χ1v) is 9.34. The number of furan rings is 1. The highest BCUT2D eigenvalue weighted by Crippen LogP contribution is 2.33. The minimum Gasteiger partial charge on any atom is -0.550 e. The van der Waals surface area contributed by atoms with Gasteiger partial charge in [-0.1, -0.05) is 55.2 Å². The van der Waals surface area contributed by atoms with Gasteiger partial charge in [0, 0.05) is 30.6 Å². The zero-order valence-corrected chi connectivity index (χ0v) is 15.7. The summed E-state index contributed by atoms with van der Waals surface area (Å²) in [6, 6.07) is 11.8. The first kappa shape index (κ1) is 18.4. The smallest absolute Gasteiger partial charge is 0.266 e. The minimum atomic E-state index is -1.22. The van der Waals surface area contributed by atoms with Crippen LogP contribution in [0.5, 0.6) is 0 Å². The Bertz CT molecular complexity index is 883. The molecule has 3 rings (SSSR count). The maximum Gasteiger partial charge on any atom is 0.266 e. The van der Waals surface area contributed by atoms with Crippen molar-refractivity contribution in [3.63, 3.8) is 0 Å². The number of carbonyl (C=O) groups is 2. The molecule has 2 aromatic rings. The number of thiocarbonyl (C=S) groups is 1. The molecule has 1 fully saturated rings. The molecule has 0 saturated carbocycles. The van der Waals surface area contributed by atoms with Crippen LogP contribution in [0.15, 0.2) is 45.7 Å². The van der Waals surface area contributed by atoms with E-state index in [2.05, 4.69) is 19.1 Å². The van der Waals surface area contributed by atoms with Crippen LogP contribution < -0.4 is 5.11 Å². The van der Waals surface area contributed by atoms with Crippen molar-refractivity contribution < 1.29 is 19.1 Å². The number of aryl methyl sites for hydroxylation is 1. The number of benzene rings is 1. The summed E-state index contributed by atoms with van der Waals surface area (Å²) in [5, 5.41) is 10.6. The quantitative estimate of drug-likeness (QED) is 0.561. The molecule has 0 unspecified atom stereocenters. The summed E-state index contributed by atoms with van der Waals surface area (Å²) in [5.41, 5.74) is 2.21. The predicted octanol–water partition coefficient (Wildman–Crippen LogP) is 2.85. The first-order chi connectivity index (χ1) is 12.5. The molecule has 5 nitrogen and oxygen atoms in total. The normalized spacial score (nSPS) is 15.9. The topological polar surface area (TPSA) is 73.6 Å². The number of carboxylic acid groups (broad SMARTS) is 1. The lowest BCUT2D eigenvalue weighted by Gasteiger charge is -2.14. The molecular formula is C19H16NO4S2-. The van der Waals surface area contributed by atoms with Crippen LogP contribution in [0.4, 0.5) is 0 Å². The van der Waals surface area contributed by atoms with Crippen LogP contribution in [0.1, 0.15) is 24.7 Å². The Balaban J connectivity index is 1.76. The molecule has 0 bridgehead atoms. The number of thioether (sulfide) groups is 1. The lowest BCUT2D eigenvalue weighted by molar-refractivity contribution is -0.305. The Hall–Kier alpha value is -2.38. The number of nitrogens with zero attached hydrogens (tertiary/aromatic N) is 1. The van der Waals surface area contributed by atoms with Crippen LogP contribution in [0.2, 0.25) is 0 Å². The zero-order valence-electron chi connectivity index (χ0n) is 14.1. The van der Waals surface area contributed by atoms with Gasteiger partial charge in [-0.25, -0.2) is 0 Å². The van der Waals surface area contributed by atoms with Crippen LogP contribution in [-0.2, 0) is 16.0 Å². The Kier molecular flexibility index (Phi) is 5.58. The van der Waals surface area contributed by atoms with E-state index < -0.39 is 5.97 Å². The van der Waals surface area contributed by atoms with Gasteiger partial charge in [-0.2, -0.15) is 0 Å². The SMILES string of the molecule is CCc1ccc(-c2ccc(/C=C3/SC(=S)N(CCC(=O)[O-])C3=O)o2)cc1. The third kappa shape index (κ3) is 4.05. The summed E-state index contributed by atoms with van der Waals surface area (Å²) in [4.78, 5) is 24.7. The molecule has 1 aromatic heterocycles. The van der Waals surface area contributed by atoms with E-state index in [1.165, 1.54) is 10.5 Å². The number of carboxylic acids is 1. The van der Waals surface area contributed by atoms with Crippen molar-refractivity contribution in [2.75, 3.05) is 6.54 Å². The lowest BCUT2D eigenvalue weighted by atomic mass is 10.1. The van der Waals surface area contributed by atoms with E-state index in [9.17, 15) is 14.7 Å². The summed E-state index contributed by atoms with van der Waals surface area (Å²) in [5.74, 6) is -0.273. The van der Waals surface area contributed by atoms with Crippen LogP contribution in [0.25, 0.3) is 17.4 Å². The fraction of sp³-hybridized carbons (Fsp3) is 0.211. The van der Waals surface area contributed by atoms with Gasteiger partial charge in [0.25, 0.3) is 5.91 Å². The molecule has 1 aromatic carbocycles. The van der Waals surface area contributed by atoms with E-state index in [-0.39, 0.29) is 18.9 Å².